The average Bonchev–Trinajstić information content (AvgIpc) is 2.60. The van der Waals surface area contributed by atoms with E-state index >= 15 is 0 Å². The first kappa shape index (κ1) is 10.2. The summed E-state index contributed by atoms with van der Waals surface area (Å²) in [6.45, 7) is 1.97. The number of carboxylic acids is 1. The van der Waals surface area contributed by atoms with Gasteiger partial charge in [-0.1, -0.05) is 0 Å². The van der Waals surface area contributed by atoms with E-state index in [4.69, 9.17) is 10.8 Å². The first-order valence-electron chi connectivity index (χ1n) is 5.27. The van der Waals surface area contributed by atoms with Gasteiger partial charge in [-0.15, -0.1) is 0 Å². The minimum Gasteiger partial charge on any atom is -0.481 e. The molecule has 0 fully saturated rings. The fourth-order valence-electron chi connectivity index (χ4n) is 2.49. The molecule has 4 heteroatoms. The molecule has 1 aliphatic rings. The number of rotatable bonds is 3. The van der Waals surface area contributed by atoms with Crippen molar-refractivity contribution in [3.63, 3.8) is 0 Å². The second kappa shape index (κ2) is 3.70. The standard InChI is InChI=1S/C11H16N2O2/c1-6-11(8(12)5-10(14)15)7-3-2-4-9(7)13-6/h8,13H,2-5,12H2,1H3,(H,14,15). The largest absolute Gasteiger partial charge is 0.481 e. The highest BCUT2D eigenvalue weighted by Gasteiger charge is 2.24. The zero-order chi connectivity index (χ0) is 11.0. The van der Waals surface area contributed by atoms with Crippen LogP contribution >= 0.6 is 0 Å². The van der Waals surface area contributed by atoms with Gasteiger partial charge < -0.3 is 15.8 Å². The number of aromatic nitrogens is 1. The van der Waals surface area contributed by atoms with Crippen LogP contribution in [-0.4, -0.2) is 16.1 Å². The molecule has 1 unspecified atom stereocenters. The number of carbonyl (C=O) groups is 1. The van der Waals surface area contributed by atoms with E-state index in [1.165, 1.54) is 11.3 Å². The van der Waals surface area contributed by atoms with Crippen LogP contribution in [0.5, 0.6) is 0 Å². The Balaban J connectivity index is 2.31. The smallest absolute Gasteiger partial charge is 0.305 e. The molecule has 2 rings (SSSR count). The van der Waals surface area contributed by atoms with Crippen molar-refractivity contribution < 1.29 is 9.90 Å². The Morgan fingerprint density at radius 1 is 1.60 bits per heavy atom. The second-order valence-electron chi connectivity index (χ2n) is 4.18. The van der Waals surface area contributed by atoms with Gasteiger partial charge in [0, 0.05) is 17.4 Å². The van der Waals surface area contributed by atoms with Gasteiger partial charge in [0.05, 0.1) is 6.42 Å². The van der Waals surface area contributed by atoms with Gasteiger partial charge in [0.15, 0.2) is 0 Å². The lowest BCUT2D eigenvalue weighted by Crippen LogP contribution is -2.16. The Morgan fingerprint density at radius 2 is 2.33 bits per heavy atom. The molecule has 1 atom stereocenters. The highest BCUT2D eigenvalue weighted by molar-refractivity contribution is 5.68. The van der Waals surface area contributed by atoms with Crippen molar-refractivity contribution in [2.24, 2.45) is 5.73 Å². The van der Waals surface area contributed by atoms with Crippen LogP contribution in [0.15, 0.2) is 0 Å². The fraction of sp³-hybridized carbons (Fsp3) is 0.545. The van der Waals surface area contributed by atoms with Gasteiger partial charge in [0.1, 0.15) is 0 Å². The summed E-state index contributed by atoms with van der Waals surface area (Å²) in [6.07, 6.45) is 3.25. The summed E-state index contributed by atoms with van der Waals surface area (Å²) < 4.78 is 0. The molecule has 0 saturated carbocycles. The first-order chi connectivity index (χ1) is 7.09. The Labute approximate surface area is 88.5 Å². The van der Waals surface area contributed by atoms with Crippen molar-refractivity contribution in [2.45, 2.75) is 38.6 Å². The van der Waals surface area contributed by atoms with Gasteiger partial charge in [-0.05, 0) is 37.3 Å². The molecule has 1 aromatic rings. The van der Waals surface area contributed by atoms with Crippen molar-refractivity contribution >= 4 is 5.97 Å². The summed E-state index contributed by atoms with van der Waals surface area (Å²) in [4.78, 5) is 13.9. The number of hydrogen-bond donors (Lipinski definition) is 3. The van der Waals surface area contributed by atoms with E-state index in [2.05, 4.69) is 4.98 Å². The van der Waals surface area contributed by atoms with Crippen LogP contribution in [-0.2, 0) is 17.6 Å². The molecule has 15 heavy (non-hydrogen) atoms. The zero-order valence-corrected chi connectivity index (χ0v) is 8.84. The van der Waals surface area contributed by atoms with Gasteiger partial charge in [0.2, 0.25) is 0 Å². The highest BCUT2D eigenvalue weighted by atomic mass is 16.4. The molecular weight excluding hydrogens is 192 g/mol. The maximum absolute atomic E-state index is 10.6. The van der Waals surface area contributed by atoms with Crippen molar-refractivity contribution in [3.05, 3.63) is 22.5 Å². The number of carboxylic acid groups (broad SMARTS) is 1. The summed E-state index contributed by atoms with van der Waals surface area (Å²) in [7, 11) is 0. The normalized spacial score (nSPS) is 16.4. The summed E-state index contributed by atoms with van der Waals surface area (Å²) in [5.74, 6) is -0.838. The molecule has 0 bridgehead atoms. The third kappa shape index (κ3) is 1.77. The van der Waals surface area contributed by atoms with Crippen LogP contribution in [0, 0.1) is 6.92 Å². The minimum atomic E-state index is -0.838. The molecule has 4 nitrogen and oxygen atoms in total. The average molecular weight is 208 g/mol. The van der Waals surface area contributed by atoms with Gasteiger partial charge >= 0.3 is 5.97 Å². The molecule has 1 aromatic heterocycles. The van der Waals surface area contributed by atoms with Gasteiger partial charge in [-0.25, -0.2) is 0 Å². The number of aliphatic carboxylic acids is 1. The van der Waals surface area contributed by atoms with E-state index in [9.17, 15) is 4.79 Å². The summed E-state index contributed by atoms with van der Waals surface area (Å²) in [6, 6.07) is -0.374. The summed E-state index contributed by atoms with van der Waals surface area (Å²) in [5, 5.41) is 8.73. The predicted molar refractivity (Wildman–Crippen MR) is 56.7 cm³/mol. The van der Waals surface area contributed by atoms with Gasteiger partial charge in [-0.2, -0.15) is 0 Å². The topological polar surface area (TPSA) is 79.1 Å². The van der Waals surface area contributed by atoms with Crippen LogP contribution in [0.25, 0.3) is 0 Å². The summed E-state index contributed by atoms with van der Waals surface area (Å²) in [5.41, 5.74) is 10.5. The Hall–Kier alpha value is -1.29. The van der Waals surface area contributed by atoms with Crippen molar-refractivity contribution in [1.82, 2.24) is 4.98 Å². The van der Waals surface area contributed by atoms with Crippen molar-refractivity contribution in [1.29, 1.82) is 0 Å². The zero-order valence-electron chi connectivity index (χ0n) is 8.84. The molecule has 0 radical (unpaired) electrons. The number of nitrogens with one attached hydrogen (secondary N) is 1. The fourth-order valence-corrected chi connectivity index (χ4v) is 2.49. The molecule has 1 aliphatic carbocycles. The first-order valence-corrected chi connectivity index (χ1v) is 5.27. The molecule has 0 aromatic carbocycles. The number of aromatic amines is 1. The van der Waals surface area contributed by atoms with Gasteiger partial charge in [0.25, 0.3) is 0 Å². The number of fused-ring (bicyclic) bond motifs is 1. The van der Waals surface area contributed by atoms with Gasteiger partial charge in [-0.3, -0.25) is 4.79 Å². The Kier molecular flexibility index (Phi) is 2.52. The molecular formula is C11H16N2O2. The third-order valence-corrected chi connectivity index (χ3v) is 3.05. The SMILES string of the molecule is Cc1[nH]c2c(c1C(N)CC(=O)O)CCC2. The molecule has 0 amide bonds. The van der Waals surface area contributed by atoms with Crippen LogP contribution in [0.1, 0.15) is 41.4 Å². The maximum atomic E-state index is 10.6. The maximum Gasteiger partial charge on any atom is 0.305 e. The molecule has 82 valence electrons. The van der Waals surface area contributed by atoms with Crippen LogP contribution in [0.2, 0.25) is 0 Å². The molecule has 4 N–H and O–H groups in total. The Bertz CT molecular complexity index is 396. The minimum absolute atomic E-state index is 0.00509. The number of aryl methyl sites for hydroxylation is 2. The van der Waals surface area contributed by atoms with Crippen molar-refractivity contribution in [2.75, 3.05) is 0 Å². The lowest BCUT2D eigenvalue weighted by molar-refractivity contribution is -0.137. The number of hydrogen-bond acceptors (Lipinski definition) is 2. The van der Waals surface area contributed by atoms with E-state index in [1.54, 1.807) is 0 Å². The van der Waals surface area contributed by atoms with E-state index in [1.807, 2.05) is 6.92 Å². The van der Waals surface area contributed by atoms with Crippen molar-refractivity contribution in [3.8, 4) is 0 Å². The highest BCUT2D eigenvalue weighted by Crippen LogP contribution is 2.31. The van der Waals surface area contributed by atoms with Crippen LogP contribution in [0.4, 0.5) is 0 Å². The molecule has 0 saturated heterocycles. The van der Waals surface area contributed by atoms with E-state index in [0.717, 1.165) is 30.5 Å². The van der Waals surface area contributed by atoms with E-state index in [-0.39, 0.29) is 12.5 Å². The molecule has 0 spiro atoms. The third-order valence-electron chi connectivity index (χ3n) is 3.05. The lowest BCUT2D eigenvalue weighted by Gasteiger charge is -2.11. The lowest BCUT2D eigenvalue weighted by atomic mass is 9.99. The summed E-state index contributed by atoms with van der Waals surface area (Å²) >= 11 is 0. The quantitative estimate of drug-likeness (QED) is 0.700. The number of H-pyrrole nitrogens is 1. The molecule has 1 heterocycles. The number of nitrogens with two attached hydrogens (primary N) is 1. The van der Waals surface area contributed by atoms with Crippen LogP contribution < -0.4 is 5.73 Å². The monoisotopic (exact) mass is 208 g/mol. The van der Waals surface area contributed by atoms with Crippen LogP contribution in [0.3, 0.4) is 0 Å². The Morgan fingerprint density at radius 3 is 3.00 bits per heavy atom. The molecule has 0 aliphatic heterocycles. The second-order valence-corrected chi connectivity index (χ2v) is 4.18. The predicted octanol–water partition coefficient (Wildman–Crippen LogP) is 1.29. The van der Waals surface area contributed by atoms with E-state index in [0.29, 0.717) is 0 Å². The van der Waals surface area contributed by atoms with E-state index < -0.39 is 5.97 Å².